The summed E-state index contributed by atoms with van der Waals surface area (Å²) in [5.41, 5.74) is 6.62. The molecule has 5 heteroatoms. The molecule has 1 atom stereocenters. The molecule has 114 valence electrons. The van der Waals surface area contributed by atoms with E-state index in [1.165, 1.54) is 18.2 Å². The maximum atomic E-state index is 13.7. The summed E-state index contributed by atoms with van der Waals surface area (Å²) >= 11 is 0. The number of hydrogen-bond acceptors (Lipinski definition) is 2. The molecule has 0 radical (unpaired) electrons. The Bertz CT molecular complexity index is 571. The van der Waals surface area contributed by atoms with Crippen LogP contribution in [0.4, 0.5) is 8.78 Å². The summed E-state index contributed by atoms with van der Waals surface area (Å²) in [4.78, 5) is 0. The van der Waals surface area contributed by atoms with Gasteiger partial charge in [-0.2, -0.15) is 5.10 Å². The van der Waals surface area contributed by atoms with Gasteiger partial charge in [-0.25, -0.2) is 8.78 Å². The van der Waals surface area contributed by atoms with Crippen molar-refractivity contribution < 1.29 is 8.78 Å². The lowest BCUT2D eigenvalue weighted by molar-refractivity contribution is 0.424. The van der Waals surface area contributed by atoms with Gasteiger partial charge in [0, 0.05) is 24.2 Å². The van der Waals surface area contributed by atoms with Crippen molar-refractivity contribution in [2.75, 3.05) is 0 Å². The minimum Gasteiger partial charge on any atom is -0.323 e. The lowest BCUT2D eigenvalue weighted by atomic mass is 10.0. The molecular formula is C16H21F2N3. The lowest BCUT2D eigenvalue weighted by Gasteiger charge is -2.14. The Morgan fingerprint density at radius 3 is 2.33 bits per heavy atom. The van der Waals surface area contributed by atoms with Crippen LogP contribution in [0.3, 0.4) is 0 Å². The maximum absolute atomic E-state index is 13.7. The molecule has 1 aromatic carbocycles. The maximum Gasteiger partial charge on any atom is 0.130 e. The molecule has 0 aliphatic rings. The molecule has 0 amide bonds. The van der Waals surface area contributed by atoms with Crippen LogP contribution < -0.4 is 5.73 Å². The van der Waals surface area contributed by atoms with Crippen molar-refractivity contribution in [1.29, 1.82) is 0 Å². The Labute approximate surface area is 123 Å². The van der Waals surface area contributed by atoms with Gasteiger partial charge in [0.05, 0.1) is 11.7 Å². The third-order valence-corrected chi connectivity index (χ3v) is 3.78. The molecule has 2 N–H and O–H groups in total. The van der Waals surface area contributed by atoms with E-state index >= 15 is 0 Å². The molecule has 3 nitrogen and oxygen atoms in total. The Morgan fingerprint density at radius 1 is 1.14 bits per heavy atom. The van der Waals surface area contributed by atoms with Crippen LogP contribution in [-0.4, -0.2) is 9.78 Å². The molecule has 0 bridgehead atoms. The Morgan fingerprint density at radius 2 is 1.76 bits per heavy atom. The highest BCUT2D eigenvalue weighted by Crippen LogP contribution is 2.22. The molecule has 0 aliphatic heterocycles. The molecular weight excluding hydrogens is 272 g/mol. The highest BCUT2D eigenvalue weighted by atomic mass is 19.1. The first-order valence-electron chi connectivity index (χ1n) is 7.30. The first kappa shape index (κ1) is 15.6. The van der Waals surface area contributed by atoms with Gasteiger partial charge >= 0.3 is 0 Å². The van der Waals surface area contributed by atoms with Crippen LogP contribution in [0.25, 0.3) is 0 Å². The molecule has 0 saturated carbocycles. The molecule has 1 aromatic heterocycles. The SMILES string of the molecule is CCC(CC)n1ccc(CC(N)c2c(F)cccc2F)n1. The summed E-state index contributed by atoms with van der Waals surface area (Å²) in [6.07, 6.45) is 4.19. The predicted octanol–water partition coefficient (Wildman–Crippen LogP) is 3.76. The van der Waals surface area contributed by atoms with E-state index in [9.17, 15) is 8.78 Å². The summed E-state index contributed by atoms with van der Waals surface area (Å²) in [5.74, 6) is -1.22. The molecule has 0 fully saturated rings. The van der Waals surface area contributed by atoms with E-state index in [1.54, 1.807) is 0 Å². The fourth-order valence-electron chi connectivity index (χ4n) is 2.54. The second-order valence-corrected chi connectivity index (χ2v) is 5.20. The fourth-order valence-corrected chi connectivity index (χ4v) is 2.54. The Balaban J connectivity index is 2.15. The van der Waals surface area contributed by atoms with Crippen molar-refractivity contribution >= 4 is 0 Å². The van der Waals surface area contributed by atoms with Gasteiger partial charge in [0.25, 0.3) is 0 Å². The fraction of sp³-hybridized carbons (Fsp3) is 0.438. The average molecular weight is 293 g/mol. The molecule has 1 unspecified atom stereocenters. The third kappa shape index (κ3) is 3.47. The quantitative estimate of drug-likeness (QED) is 0.881. The Hall–Kier alpha value is -1.75. The number of rotatable bonds is 6. The molecule has 21 heavy (non-hydrogen) atoms. The zero-order valence-corrected chi connectivity index (χ0v) is 12.4. The zero-order valence-electron chi connectivity index (χ0n) is 12.4. The summed E-state index contributed by atoms with van der Waals surface area (Å²) in [6, 6.07) is 5.25. The smallest absolute Gasteiger partial charge is 0.130 e. The van der Waals surface area contributed by atoms with Gasteiger partial charge in [-0.15, -0.1) is 0 Å². The number of nitrogens with two attached hydrogens (primary N) is 1. The van der Waals surface area contributed by atoms with Crippen molar-refractivity contribution in [3.63, 3.8) is 0 Å². The monoisotopic (exact) mass is 293 g/mol. The second kappa shape index (κ2) is 6.80. The van der Waals surface area contributed by atoms with Crippen LogP contribution in [0, 0.1) is 11.6 Å². The minimum absolute atomic E-state index is 0.0745. The van der Waals surface area contributed by atoms with Crippen LogP contribution >= 0.6 is 0 Å². The van der Waals surface area contributed by atoms with E-state index < -0.39 is 17.7 Å². The molecule has 0 spiro atoms. The lowest BCUT2D eigenvalue weighted by Crippen LogP contribution is -2.17. The first-order chi connectivity index (χ1) is 10.1. The molecule has 0 aliphatic carbocycles. The molecule has 2 rings (SSSR count). The van der Waals surface area contributed by atoms with E-state index in [0.29, 0.717) is 12.5 Å². The highest BCUT2D eigenvalue weighted by Gasteiger charge is 2.18. The van der Waals surface area contributed by atoms with Gasteiger partial charge in [0.1, 0.15) is 11.6 Å². The number of hydrogen-bond donors (Lipinski definition) is 1. The van der Waals surface area contributed by atoms with Crippen LogP contribution in [0.5, 0.6) is 0 Å². The van der Waals surface area contributed by atoms with Gasteiger partial charge in [-0.3, -0.25) is 4.68 Å². The number of nitrogens with zero attached hydrogens (tertiary/aromatic N) is 2. The van der Waals surface area contributed by atoms with E-state index in [4.69, 9.17) is 5.73 Å². The summed E-state index contributed by atoms with van der Waals surface area (Å²) < 4.78 is 29.3. The van der Waals surface area contributed by atoms with Crippen LogP contribution in [-0.2, 0) is 6.42 Å². The van der Waals surface area contributed by atoms with Crippen LogP contribution in [0.2, 0.25) is 0 Å². The average Bonchev–Trinajstić information content (AvgIpc) is 2.88. The van der Waals surface area contributed by atoms with E-state index in [0.717, 1.165) is 18.5 Å². The van der Waals surface area contributed by atoms with E-state index in [1.807, 2.05) is 16.9 Å². The van der Waals surface area contributed by atoms with Gasteiger partial charge in [0.15, 0.2) is 0 Å². The van der Waals surface area contributed by atoms with E-state index in [2.05, 4.69) is 18.9 Å². The van der Waals surface area contributed by atoms with Crippen molar-refractivity contribution in [2.24, 2.45) is 5.73 Å². The summed E-state index contributed by atoms with van der Waals surface area (Å²) in [6.45, 7) is 4.21. The topological polar surface area (TPSA) is 43.8 Å². The number of benzene rings is 1. The van der Waals surface area contributed by atoms with E-state index in [-0.39, 0.29) is 5.56 Å². The second-order valence-electron chi connectivity index (χ2n) is 5.20. The van der Waals surface area contributed by atoms with Crippen molar-refractivity contribution in [3.05, 3.63) is 53.4 Å². The summed E-state index contributed by atoms with van der Waals surface area (Å²) in [7, 11) is 0. The Kier molecular flexibility index (Phi) is 5.07. The van der Waals surface area contributed by atoms with Crippen LogP contribution in [0.15, 0.2) is 30.5 Å². The van der Waals surface area contributed by atoms with Gasteiger partial charge in [0.2, 0.25) is 0 Å². The predicted molar refractivity (Wildman–Crippen MR) is 78.8 cm³/mol. The summed E-state index contributed by atoms with van der Waals surface area (Å²) in [5, 5.41) is 4.47. The van der Waals surface area contributed by atoms with Gasteiger partial charge in [-0.05, 0) is 31.0 Å². The van der Waals surface area contributed by atoms with Crippen molar-refractivity contribution in [1.82, 2.24) is 9.78 Å². The van der Waals surface area contributed by atoms with Gasteiger partial charge < -0.3 is 5.73 Å². The minimum atomic E-state index is -0.740. The standard InChI is InChI=1S/C16H21F2N3/c1-3-12(4-2)21-9-8-11(20-21)10-15(19)16-13(17)6-5-7-14(16)18/h5-9,12,15H,3-4,10,19H2,1-2H3. The zero-order chi connectivity index (χ0) is 15.4. The number of halogens is 2. The highest BCUT2D eigenvalue weighted by molar-refractivity contribution is 5.24. The third-order valence-electron chi connectivity index (χ3n) is 3.78. The van der Waals surface area contributed by atoms with Crippen LogP contribution in [0.1, 0.15) is 50.0 Å². The molecule has 1 heterocycles. The largest absolute Gasteiger partial charge is 0.323 e. The normalized spacial score (nSPS) is 12.9. The van der Waals surface area contributed by atoms with Crippen molar-refractivity contribution in [3.8, 4) is 0 Å². The van der Waals surface area contributed by atoms with Crippen molar-refractivity contribution in [2.45, 2.75) is 45.2 Å². The molecule has 2 aromatic rings. The molecule has 0 saturated heterocycles. The number of aromatic nitrogens is 2. The first-order valence-corrected chi connectivity index (χ1v) is 7.30. The van der Waals surface area contributed by atoms with Gasteiger partial charge in [-0.1, -0.05) is 19.9 Å².